The lowest BCUT2D eigenvalue weighted by Gasteiger charge is -2.16. The van der Waals surface area contributed by atoms with E-state index in [9.17, 15) is 14.7 Å². The van der Waals surface area contributed by atoms with Crippen molar-refractivity contribution in [2.24, 2.45) is 5.10 Å². The monoisotopic (exact) mass is 593 g/mol. The first-order valence-corrected chi connectivity index (χ1v) is 11.5. The van der Waals surface area contributed by atoms with Crippen LogP contribution in [0.1, 0.15) is 16.8 Å². The number of phenolic OH excluding ortho intramolecular Hbond substituents is 1. The molecule has 2 amide bonds. The molecular formula is C22H21Br2N5O5. The molecule has 1 aromatic heterocycles. The number of amides is 2. The highest BCUT2D eigenvalue weighted by Gasteiger charge is 2.23. The number of carbonyl (C=O) groups is 2. The van der Waals surface area contributed by atoms with Crippen LogP contribution >= 0.6 is 31.9 Å². The van der Waals surface area contributed by atoms with Crippen LogP contribution in [0.25, 0.3) is 0 Å². The molecular weight excluding hydrogens is 574 g/mol. The molecule has 4 N–H and O–H groups in total. The molecule has 1 atom stereocenters. The van der Waals surface area contributed by atoms with E-state index in [0.717, 1.165) is 5.56 Å². The first-order chi connectivity index (χ1) is 16.4. The number of nitrogens with one attached hydrogen (secondary N) is 3. The fourth-order valence-electron chi connectivity index (χ4n) is 2.84. The number of benzene rings is 2. The van der Waals surface area contributed by atoms with E-state index in [-0.39, 0.29) is 24.5 Å². The third-order valence-corrected chi connectivity index (χ3v) is 6.73. The minimum absolute atomic E-state index is 0.0643. The van der Waals surface area contributed by atoms with Crippen LogP contribution in [0.5, 0.6) is 11.5 Å². The van der Waals surface area contributed by atoms with Gasteiger partial charge in [0.05, 0.1) is 24.1 Å². The highest BCUT2D eigenvalue weighted by molar-refractivity contribution is 9.13. The van der Waals surface area contributed by atoms with E-state index in [1.54, 1.807) is 12.3 Å². The van der Waals surface area contributed by atoms with Gasteiger partial charge in [-0.3, -0.25) is 4.79 Å². The molecule has 0 fully saturated rings. The van der Waals surface area contributed by atoms with Gasteiger partial charge in [0.25, 0.3) is 5.91 Å². The molecule has 3 rings (SSSR count). The number of nitrogens with zero attached hydrogens (tertiary/aromatic N) is 2. The van der Waals surface area contributed by atoms with Gasteiger partial charge in [0.15, 0.2) is 11.5 Å². The minimum Gasteiger partial charge on any atom is -0.503 e. The van der Waals surface area contributed by atoms with E-state index in [2.05, 4.69) is 57.7 Å². The highest BCUT2D eigenvalue weighted by atomic mass is 79.9. The molecule has 0 saturated heterocycles. The zero-order chi connectivity index (χ0) is 24.5. The highest BCUT2D eigenvalue weighted by Crippen LogP contribution is 2.41. The van der Waals surface area contributed by atoms with Crippen LogP contribution in [0, 0.1) is 0 Å². The van der Waals surface area contributed by atoms with Gasteiger partial charge in [0, 0.05) is 28.3 Å². The molecule has 34 heavy (non-hydrogen) atoms. The van der Waals surface area contributed by atoms with Crippen molar-refractivity contribution in [3.63, 3.8) is 0 Å². The Kier molecular flexibility index (Phi) is 9.05. The predicted molar refractivity (Wildman–Crippen MR) is 132 cm³/mol. The number of methoxy groups -OCH3 is 1. The number of aromatic nitrogens is 2. The van der Waals surface area contributed by atoms with Crippen molar-refractivity contribution in [1.29, 1.82) is 0 Å². The summed E-state index contributed by atoms with van der Waals surface area (Å²) in [7, 11) is 1.42. The molecule has 0 spiro atoms. The molecule has 1 heterocycles. The topological polar surface area (TPSA) is 138 Å². The molecule has 0 aliphatic carbocycles. The van der Waals surface area contributed by atoms with Crippen molar-refractivity contribution in [2.75, 3.05) is 7.11 Å². The number of alkyl carbamates (subject to hydrolysis) is 1. The van der Waals surface area contributed by atoms with Gasteiger partial charge in [0.1, 0.15) is 12.6 Å². The molecule has 0 aliphatic heterocycles. The van der Waals surface area contributed by atoms with Gasteiger partial charge in [-0.05, 0) is 43.5 Å². The zero-order valence-corrected chi connectivity index (χ0v) is 21.1. The van der Waals surface area contributed by atoms with Gasteiger partial charge in [-0.25, -0.2) is 15.2 Å². The Morgan fingerprint density at radius 2 is 2.03 bits per heavy atom. The Balaban J connectivity index is 1.67. The second-order valence-electron chi connectivity index (χ2n) is 6.92. The van der Waals surface area contributed by atoms with Crippen molar-refractivity contribution in [3.8, 4) is 11.5 Å². The van der Waals surface area contributed by atoms with Crippen molar-refractivity contribution < 1.29 is 24.2 Å². The van der Waals surface area contributed by atoms with Gasteiger partial charge < -0.3 is 24.9 Å². The first-order valence-electron chi connectivity index (χ1n) is 9.91. The second kappa shape index (κ2) is 12.2. The average molecular weight is 595 g/mol. The summed E-state index contributed by atoms with van der Waals surface area (Å²) >= 11 is 6.61. The quantitative estimate of drug-likeness (QED) is 0.220. The maximum Gasteiger partial charge on any atom is 0.408 e. The van der Waals surface area contributed by atoms with Crippen LogP contribution in [-0.2, 0) is 22.6 Å². The zero-order valence-electron chi connectivity index (χ0n) is 17.9. The largest absolute Gasteiger partial charge is 0.503 e. The number of carbonyl (C=O) groups excluding carboxylic acids is 2. The molecule has 0 aliphatic rings. The molecule has 0 unspecified atom stereocenters. The summed E-state index contributed by atoms with van der Waals surface area (Å²) in [6.07, 6.45) is 3.80. The van der Waals surface area contributed by atoms with Gasteiger partial charge in [-0.2, -0.15) is 5.10 Å². The summed E-state index contributed by atoms with van der Waals surface area (Å²) < 4.78 is 11.2. The van der Waals surface area contributed by atoms with Crippen molar-refractivity contribution >= 4 is 50.1 Å². The number of rotatable bonds is 9. The van der Waals surface area contributed by atoms with Crippen molar-refractivity contribution in [2.45, 2.75) is 19.1 Å². The maximum absolute atomic E-state index is 12.8. The maximum atomic E-state index is 12.8. The summed E-state index contributed by atoms with van der Waals surface area (Å²) in [6, 6.07) is 9.75. The summed E-state index contributed by atoms with van der Waals surface area (Å²) in [5.41, 5.74) is 4.40. The molecule has 12 heteroatoms. The molecule has 0 saturated carbocycles. The average Bonchev–Trinajstić information content (AvgIpc) is 3.36. The number of hydrogen-bond acceptors (Lipinski definition) is 7. The Morgan fingerprint density at radius 1 is 1.26 bits per heavy atom. The van der Waals surface area contributed by atoms with Crippen LogP contribution < -0.4 is 15.5 Å². The Labute approximate surface area is 212 Å². The van der Waals surface area contributed by atoms with Gasteiger partial charge in [-0.1, -0.05) is 30.3 Å². The standard InChI is InChI=1S/C22H21Br2N5O5/c1-33-17-7-14(18(23)19(24)20(17)30)9-27-29-21(31)16(8-15-10-25-12-26-15)28-22(32)34-11-13-5-3-2-4-6-13/h2-7,9-10,12,16,30H,8,11H2,1H3,(H,25,26)(H,28,32)(H,29,31)/b27-9-/t16-/m1/s1. The summed E-state index contributed by atoms with van der Waals surface area (Å²) in [5, 5.41) is 16.6. The molecule has 178 valence electrons. The van der Waals surface area contributed by atoms with Crippen LogP contribution in [0.3, 0.4) is 0 Å². The summed E-state index contributed by atoms with van der Waals surface area (Å²) in [6.45, 7) is 0.0643. The van der Waals surface area contributed by atoms with E-state index >= 15 is 0 Å². The molecule has 3 aromatic rings. The Hall–Kier alpha value is -3.38. The number of halogens is 2. The van der Waals surface area contributed by atoms with Crippen LogP contribution in [-0.4, -0.2) is 46.4 Å². The number of aromatic hydroxyl groups is 1. The van der Waals surface area contributed by atoms with Gasteiger partial charge in [-0.15, -0.1) is 0 Å². The van der Waals surface area contributed by atoms with E-state index in [1.165, 1.54) is 19.7 Å². The number of phenols is 1. The summed E-state index contributed by atoms with van der Waals surface area (Å²) in [5.74, 6) is -0.417. The van der Waals surface area contributed by atoms with Crippen molar-refractivity contribution in [3.05, 3.63) is 74.7 Å². The van der Waals surface area contributed by atoms with Gasteiger partial charge in [0.2, 0.25) is 0 Å². The lowest BCUT2D eigenvalue weighted by atomic mass is 10.1. The van der Waals surface area contributed by atoms with E-state index in [4.69, 9.17) is 9.47 Å². The predicted octanol–water partition coefficient (Wildman–Crippen LogP) is 3.64. The lowest BCUT2D eigenvalue weighted by Crippen LogP contribution is -2.47. The molecule has 0 bridgehead atoms. The fourth-order valence-corrected chi connectivity index (χ4v) is 3.67. The number of imidazole rings is 1. The van der Waals surface area contributed by atoms with E-state index < -0.39 is 18.0 Å². The van der Waals surface area contributed by atoms with Crippen LogP contribution in [0.4, 0.5) is 4.79 Å². The first kappa shape index (κ1) is 25.2. The number of H-pyrrole nitrogens is 1. The molecule has 2 aromatic carbocycles. The summed E-state index contributed by atoms with van der Waals surface area (Å²) in [4.78, 5) is 31.9. The fraction of sp³-hybridized carbons (Fsp3) is 0.182. The number of ether oxygens (including phenoxy) is 2. The van der Waals surface area contributed by atoms with Crippen LogP contribution in [0.15, 0.2) is 63.0 Å². The molecule has 0 radical (unpaired) electrons. The SMILES string of the molecule is COc1cc(/C=N\NC(=O)[C@@H](Cc2cnc[nH]2)NC(=O)OCc2ccccc2)c(Br)c(Br)c1O. The van der Waals surface area contributed by atoms with E-state index in [1.807, 2.05) is 30.3 Å². The van der Waals surface area contributed by atoms with E-state index in [0.29, 0.717) is 20.2 Å². The Morgan fingerprint density at radius 3 is 2.71 bits per heavy atom. The third kappa shape index (κ3) is 6.81. The smallest absolute Gasteiger partial charge is 0.408 e. The number of hydrogen-bond donors (Lipinski definition) is 4. The normalized spacial score (nSPS) is 11.7. The Bertz CT molecular complexity index is 1160. The minimum atomic E-state index is -0.981. The number of hydrazone groups is 1. The second-order valence-corrected chi connectivity index (χ2v) is 8.50. The molecule has 10 nitrogen and oxygen atoms in total. The van der Waals surface area contributed by atoms with Crippen LogP contribution in [0.2, 0.25) is 0 Å². The lowest BCUT2D eigenvalue weighted by molar-refractivity contribution is -0.123. The van der Waals surface area contributed by atoms with Crippen molar-refractivity contribution in [1.82, 2.24) is 20.7 Å². The third-order valence-electron chi connectivity index (χ3n) is 4.57. The van der Waals surface area contributed by atoms with Gasteiger partial charge >= 0.3 is 6.09 Å². The number of aromatic amines is 1.